The second kappa shape index (κ2) is 8.17. The number of ether oxygens (including phenoxy) is 1. The highest BCUT2D eigenvalue weighted by Crippen LogP contribution is 2.31. The van der Waals surface area contributed by atoms with Crippen LogP contribution < -0.4 is 25.8 Å². The molecule has 0 saturated carbocycles. The lowest BCUT2D eigenvalue weighted by Gasteiger charge is -2.32. The van der Waals surface area contributed by atoms with Crippen LogP contribution in [0.2, 0.25) is 0 Å². The number of hydrogen-bond donors (Lipinski definition) is 3. The number of carbonyl (C=O) groups is 2. The SMILES string of the molecule is COc1ccc(NC(=O)[C@@H]2CC(=O)Nc3nc(N4CCC[C@H](C)C4)[nH]c(=O)c32)cc1. The lowest BCUT2D eigenvalue weighted by molar-refractivity contribution is -0.123. The number of hydrogen-bond acceptors (Lipinski definition) is 6. The Hall–Kier alpha value is -3.36. The lowest BCUT2D eigenvalue weighted by atomic mass is 9.92. The Morgan fingerprint density at radius 3 is 2.73 bits per heavy atom. The summed E-state index contributed by atoms with van der Waals surface area (Å²) >= 11 is 0. The topological polar surface area (TPSA) is 116 Å². The van der Waals surface area contributed by atoms with Gasteiger partial charge in [-0.2, -0.15) is 4.98 Å². The molecule has 1 fully saturated rings. The van der Waals surface area contributed by atoms with Crippen LogP contribution in [0, 0.1) is 5.92 Å². The van der Waals surface area contributed by atoms with E-state index in [0.717, 1.165) is 25.9 Å². The summed E-state index contributed by atoms with van der Waals surface area (Å²) in [5, 5.41) is 5.43. The fraction of sp³-hybridized carbons (Fsp3) is 0.429. The van der Waals surface area contributed by atoms with Gasteiger partial charge in [-0.05, 0) is 43.0 Å². The largest absolute Gasteiger partial charge is 0.497 e. The molecule has 2 amide bonds. The molecular weight excluding hydrogens is 386 g/mol. The van der Waals surface area contributed by atoms with E-state index in [2.05, 4.69) is 27.5 Å². The Bertz CT molecular complexity index is 1020. The maximum Gasteiger partial charge on any atom is 0.258 e. The Kier molecular flexibility index (Phi) is 5.43. The van der Waals surface area contributed by atoms with E-state index in [1.54, 1.807) is 31.4 Å². The predicted molar refractivity (Wildman–Crippen MR) is 113 cm³/mol. The highest BCUT2D eigenvalue weighted by atomic mass is 16.5. The minimum atomic E-state index is -0.915. The first kappa shape index (κ1) is 19.9. The van der Waals surface area contributed by atoms with E-state index >= 15 is 0 Å². The van der Waals surface area contributed by atoms with Crippen LogP contribution >= 0.6 is 0 Å². The highest BCUT2D eigenvalue weighted by Gasteiger charge is 2.35. The van der Waals surface area contributed by atoms with Gasteiger partial charge in [0.25, 0.3) is 5.56 Å². The molecule has 158 valence electrons. The highest BCUT2D eigenvalue weighted by molar-refractivity contribution is 6.04. The summed E-state index contributed by atoms with van der Waals surface area (Å²) in [4.78, 5) is 47.4. The first-order valence-corrected chi connectivity index (χ1v) is 10.1. The van der Waals surface area contributed by atoms with Gasteiger partial charge in [0.15, 0.2) is 0 Å². The molecule has 0 aliphatic carbocycles. The fourth-order valence-corrected chi connectivity index (χ4v) is 4.02. The zero-order valence-corrected chi connectivity index (χ0v) is 17.0. The van der Waals surface area contributed by atoms with E-state index in [1.807, 2.05) is 4.90 Å². The van der Waals surface area contributed by atoms with E-state index in [0.29, 0.717) is 23.3 Å². The number of H-pyrrole nitrogens is 1. The number of aromatic nitrogens is 2. The molecule has 3 N–H and O–H groups in total. The van der Waals surface area contributed by atoms with E-state index in [9.17, 15) is 14.4 Å². The minimum Gasteiger partial charge on any atom is -0.497 e. The molecule has 9 heteroatoms. The van der Waals surface area contributed by atoms with Gasteiger partial charge in [-0.15, -0.1) is 0 Å². The van der Waals surface area contributed by atoms with Gasteiger partial charge in [-0.25, -0.2) is 0 Å². The zero-order chi connectivity index (χ0) is 21.3. The van der Waals surface area contributed by atoms with Crippen molar-refractivity contribution in [1.82, 2.24) is 9.97 Å². The summed E-state index contributed by atoms with van der Waals surface area (Å²) < 4.78 is 5.11. The van der Waals surface area contributed by atoms with Gasteiger partial charge < -0.3 is 20.3 Å². The maximum atomic E-state index is 12.9. The van der Waals surface area contributed by atoms with Crippen LogP contribution in [0.5, 0.6) is 5.75 Å². The molecule has 1 aromatic carbocycles. The third kappa shape index (κ3) is 4.00. The van der Waals surface area contributed by atoms with E-state index in [-0.39, 0.29) is 23.7 Å². The van der Waals surface area contributed by atoms with Gasteiger partial charge in [0.1, 0.15) is 11.6 Å². The predicted octanol–water partition coefficient (Wildman–Crippen LogP) is 2.08. The smallest absolute Gasteiger partial charge is 0.258 e. The Labute approximate surface area is 173 Å². The number of piperidine rings is 1. The van der Waals surface area contributed by atoms with Crippen LogP contribution in [0.1, 0.15) is 37.7 Å². The summed E-state index contributed by atoms with van der Waals surface area (Å²) in [6.07, 6.45) is 2.04. The third-order valence-electron chi connectivity index (χ3n) is 5.57. The van der Waals surface area contributed by atoms with Crippen LogP contribution in [-0.4, -0.2) is 42.0 Å². The molecule has 1 saturated heterocycles. The van der Waals surface area contributed by atoms with Crippen molar-refractivity contribution in [2.24, 2.45) is 5.92 Å². The maximum absolute atomic E-state index is 12.9. The van der Waals surface area contributed by atoms with Gasteiger partial charge in [-0.3, -0.25) is 19.4 Å². The van der Waals surface area contributed by atoms with Gasteiger partial charge in [-0.1, -0.05) is 6.92 Å². The molecule has 2 aromatic rings. The number of fused-ring (bicyclic) bond motifs is 1. The van der Waals surface area contributed by atoms with Gasteiger partial charge in [0.05, 0.1) is 18.6 Å². The Morgan fingerprint density at radius 1 is 1.27 bits per heavy atom. The van der Waals surface area contributed by atoms with Crippen molar-refractivity contribution in [1.29, 1.82) is 0 Å². The monoisotopic (exact) mass is 411 g/mol. The first-order valence-electron chi connectivity index (χ1n) is 10.1. The van der Waals surface area contributed by atoms with Gasteiger partial charge in [0.2, 0.25) is 17.8 Å². The number of amides is 2. The summed E-state index contributed by atoms with van der Waals surface area (Å²) in [5.74, 6) is 0.0750. The summed E-state index contributed by atoms with van der Waals surface area (Å²) in [5.41, 5.74) is 0.342. The Balaban J connectivity index is 1.61. The molecule has 9 nitrogen and oxygen atoms in total. The van der Waals surface area contributed by atoms with Crippen LogP contribution in [0.25, 0.3) is 0 Å². The zero-order valence-electron chi connectivity index (χ0n) is 17.0. The fourth-order valence-electron chi connectivity index (χ4n) is 4.02. The number of aromatic amines is 1. The molecule has 0 radical (unpaired) electrons. The second-order valence-electron chi connectivity index (χ2n) is 7.87. The van der Waals surface area contributed by atoms with Gasteiger partial charge in [0, 0.05) is 25.2 Å². The van der Waals surface area contributed by atoms with Crippen molar-refractivity contribution in [3.63, 3.8) is 0 Å². The summed E-state index contributed by atoms with van der Waals surface area (Å²) in [6, 6.07) is 6.84. The van der Waals surface area contributed by atoms with E-state index < -0.39 is 17.4 Å². The number of rotatable bonds is 4. The number of anilines is 3. The van der Waals surface area contributed by atoms with Crippen LogP contribution in [0.4, 0.5) is 17.5 Å². The Morgan fingerprint density at radius 2 is 2.03 bits per heavy atom. The van der Waals surface area contributed by atoms with Crippen LogP contribution in [-0.2, 0) is 9.59 Å². The quantitative estimate of drug-likeness (QED) is 0.709. The summed E-state index contributed by atoms with van der Waals surface area (Å²) in [7, 11) is 1.56. The molecule has 0 bridgehead atoms. The van der Waals surface area contributed by atoms with Crippen molar-refractivity contribution < 1.29 is 14.3 Å². The van der Waals surface area contributed by atoms with Crippen molar-refractivity contribution in [2.75, 3.05) is 35.7 Å². The molecule has 0 unspecified atom stereocenters. The molecule has 0 spiro atoms. The molecule has 4 rings (SSSR count). The molecule has 2 atom stereocenters. The molecule has 30 heavy (non-hydrogen) atoms. The molecular formula is C21H25N5O4. The number of nitrogens with zero attached hydrogens (tertiary/aromatic N) is 2. The van der Waals surface area contributed by atoms with E-state index in [4.69, 9.17) is 4.74 Å². The lowest BCUT2D eigenvalue weighted by Crippen LogP contribution is -2.40. The first-order chi connectivity index (χ1) is 14.4. The standard InChI is InChI=1S/C21H25N5O4/c1-12-4-3-9-26(11-12)21-24-18-17(20(29)25-21)15(10-16(27)23-18)19(28)22-13-5-7-14(30-2)8-6-13/h5-8,12,15H,3-4,9-11H2,1-2H3,(H,22,28)(H2,23,24,25,27,29)/t12-,15+/m0/s1. The molecule has 2 aliphatic heterocycles. The van der Waals surface area contributed by atoms with Crippen molar-refractivity contribution in [3.05, 3.63) is 40.2 Å². The number of carbonyl (C=O) groups excluding carboxylic acids is 2. The van der Waals surface area contributed by atoms with Crippen LogP contribution in [0.15, 0.2) is 29.1 Å². The molecule has 3 heterocycles. The van der Waals surface area contributed by atoms with E-state index in [1.165, 1.54) is 0 Å². The normalized spacial score (nSPS) is 20.9. The third-order valence-corrected chi connectivity index (χ3v) is 5.57. The average molecular weight is 411 g/mol. The minimum absolute atomic E-state index is 0.111. The number of nitrogens with one attached hydrogen (secondary N) is 3. The van der Waals surface area contributed by atoms with Crippen LogP contribution in [0.3, 0.4) is 0 Å². The number of benzene rings is 1. The van der Waals surface area contributed by atoms with Crippen molar-refractivity contribution >= 4 is 29.3 Å². The molecule has 2 aliphatic rings. The molecule has 1 aromatic heterocycles. The van der Waals surface area contributed by atoms with Gasteiger partial charge >= 0.3 is 0 Å². The number of methoxy groups -OCH3 is 1. The second-order valence-corrected chi connectivity index (χ2v) is 7.87. The van der Waals surface area contributed by atoms with Crippen molar-refractivity contribution in [3.8, 4) is 5.75 Å². The summed E-state index contributed by atoms with van der Waals surface area (Å²) in [6.45, 7) is 3.74. The average Bonchev–Trinajstić information content (AvgIpc) is 2.73. The van der Waals surface area contributed by atoms with Crippen molar-refractivity contribution in [2.45, 2.75) is 32.1 Å².